The van der Waals surface area contributed by atoms with E-state index in [-0.39, 0.29) is 11.8 Å². The number of hydrogen-bond acceptors (Lipinski definition) is 4. The first-order valence-electron chi connectivity index (χ1n) is 8.34. The van der Waals surface area contributed by atoms with Crippen LogP contribution in [0.4, 0.5) is 0 Å². The van der Waals surface area contributed by atoms with E-state index in [1.165, 1.54) is 6.92 Å². The van der Waals surface area contributed by atoms with Gasteiger partial charge in [-0.2, -0.15) is 0 Å². The maximum atomic E-state index is 12.6. The van der Waals surface area contributed by atoms with Crippen molar-refractivity contribution in [1.29, 1.82) is 0 Å². The van der Waals surface area contributed by atoms with Crippen LogP contribution in [0.3, 0.4) is 0 Å². The summed E-state index contributed by atoms with van der Waals surface area (Å²) < 4.78 is 5.02. The average Bonchev–Trinajstić information content (AvgIpc) is 2.59. The smallest absolute Gasteiger partial charge is 0.308 e. The van der Waals surface area contributed by atoms with E-state index in [4.69, 9.17) is 4.74 Å². The van der Waals surface area contributed by atoms with E-state index in [9.17, 15) is 14.4 Å². The first-order chi connectivity index (χ1) is 11.5. The lowest BCUT2D eigenvalue weighted by atomic mass is 9.96. The fourth-order valence-electron chi connectivity index (χ4n) is 2.76. The van der Waals surface area contributed by atoms with E-state index < -0.39 is 5.97 Å². The standard InChI is InChI=1S/C18H24N2O4/c1-3-17(22)19-12-14-7-9-20(10-8-14)18(23)15-5-4-6-16(11-15)24-13(2)21/h4-6,11,14H,3,7-10,12H2,1-2H3,(H,19,22). The minimum absolute atomic E-state index is 0.0555. The molecule has 6 nitrogen and oxygen atoms in total. The summed E-state index contributed by atoms with van der Waals surface area (Å²) in [5, 5.41) is 2.91. The number of amides is 2. The third-order valence-electron chi connectivity index (χ3n) is 4.15. The Morgan fingerprint density at radius 1 is 1.25 bits per heavy atom. The quantitative estimate of drug-likeness (QED) is 0.661. The van der Waals surface area contributed by atoms with Crippen molar-refractivity contribution in [3.63, 3.8) is 0 Å². The van der Waals surface area contributed by atoms with Crippen molar-refractivity contribution in [3.05, 3.63) is 29.8 Å². The molecule has 0 atom stereocenters. The Hall–Kier alpha value is -2.37. The zero-order valence-corrected chi connectivity index (χ0v) is 14.2. The highest BCUT2D eigenvalue weighted by Crippen LogP contribution is 2.20. The molecule has 1 aliphatic rings. The van der Waals surface area contributed by atoms with Crippen LogP contribution in [0.25, 0.3) is 0 Å². The van der Waals surface area contributed by atoms with Gasteiger partial charge in [-0.05, 0) is 37.0 Å². The summed E-state index contributed by atoms with van der Waals surface area (Å²) >= 11 is 0. The molecule has 0 bridgehead atoms. The molecule has 1 aromatic rings. The van der Waals surface area contributed by atoms with Crippen LogP contribution in [0.1, 0.15) is 43.5 Å². The minimum Gasteiger partial charge on any atom is -0.427 e. The van der Waals surface area contributed by atoms with Gasteiger partial charge in [0.05, 0.1) is 0 Å². The molecule has 1 N–H and O–H groups in total. The van der Waals surface area contributed by atoms with Gasteiger partial charge < -0.3 is 15.0 Å². The van der Waals surface area contributed by atoms with E-state index in [1.807, 2.05) is 11.8 Å². The number of ether oxygens (including phenoxy) is 1. The van der Waals surface area contributed by atoms with Crippen molar-refractivity contribution in [2.75, 3.05) is 19.6 Å². The van der Waals surface area contributed by atoms with Gasteiger partial charge in [-0.15, -0.1) is 0 Å². The molecule has 0 aliphatic carbocycles. The maximum Gasteiger partial charge on any atom is 0.308 e. The number of rotatable bonds is 5. The summed E-state index contributed by atoms with van der Waals surface area (Å²) in [5.41, 5.74) is 0.520. The minimum atomic E-state index is -0.408. The second-order valence-electron chi connectivity index (χ2n) is 6.01. The second kappa shape index (κ2) is 8.47. The predicted molar refractivity (Wildman–Crippen MR) is 89.7 cm³/mol. The van der Waals surface area contributed by atoms with Crippen LogP contribution in [0.15, 0.2) is 24.3 Å². The zero-order valence-electron chi connectivity index (χ0n) is 14.2. The van der Waals surface area contributed by atoms with Gasteiger partial charge >= 0.3 is 5.97 Å². The summed E-state index contributed by atoms with van der Waals surface area (Å²) in [6, 6.07) is 6.68. The van der Waals surface area contributed by atoms with Crippen LogP contribution in [0.2, 0.25) is 0 Å². The molecule has 0 radical (unpaired) electrons. The van der Waals surface area contributed by atoms with Crippen LogP contribution >= 0.6 is 0 Å². The summed E-state index contributed by atoms with van der Waals surface area (Å²) in [6.07, 6.45) is 2.24. The summed E-state index contributed by atoms with van der Waals surface area (Å²) in [6.45, 7) is 5.18. The molecular weight excluding hydrogens is 308 g/mol. The lowest BCUT2D eigenvalue weighted by molar-refractivity contribution is -0.131. The Morgan fingerprint density at radius 2 is 1.96 bits per heavy atom. The molecule has 1 fully saturated rings. The fraction of sp³-hybridized carbons (Fsp3) is 0.500. The highest BCUT2D eigenvalue weighted by molar-refractivity contribution is 5.94. The number of nitrogens with zero attached hydrogens (tertiary/aromatic N) is 1. The van der Waals surface area contributed by atoms with Gasteiger partial charge in [0.2, 0.25) is 5.91 Å². The molecule has 130 valence electrons. The summed E-state index contributed by atoms with van der Waals surface area (Å²) in [7, 11) is 0. The zero-order chi connectivity index (χ0) is 17.5. The van der Waals surface area contributed by atoms with Gasteiger partial charge in [-0.25, -0.2) is 0 Å². The molecular formula is C18H24N2O4. The monoisotopic (exact) mass is 332 g/mol. The second-order valence-corrected chi connectivity index (χ2v) is 6.01. The first-order valence-corrected chi connectivity index (χ1v) is 8.34. The number of piperidine rings is 1. The van der Waals surface area contributed by atoms with Gasteiger partial charge in [-0.3, -0.25) is 14.4 Å². The Morgan fingerprint density at radius 3 is 2.58 bits per heavy atom. The topological polar surface area (TPSA) is 75.7 Å². The van der Waals surface area contributed by atoms with Gasteiger partial charge in [0.15, 0.2) is 0 Å². The predicted octanol–water partition coefficient (Wildman–Crippen LogP) is 1.99. The highest BCUT2D eigenvalue weighted by Gasteiger charge is 2.24. The summed E-state index contributed by atoms with van der Waals surface area (Å²) in [4.78, 5) is 36.7. The molecule has 0 aromatic heterocycles. The van der Waals surface area contributed by atoms with E-state index >= 15 is 0 Å². The number of carbonyl (C=O) groups excluding carboxylic acids is 3. The Bertz CT molecular complexity index is 607. The Labute approximate surface area is 142 Å². The molecule has 0 unspecified atom stereocenters. The maximum absolute atomic E-state index is 12.6. The third-order valence-corrected chi connectivity index (χ3v) is 4.15. The van der Waals surface area contributed by atoms with Crippen LogP contribution in [0, 0.1) is 5.92 Å². The largest absolute Gasteiger partial charge is 0.427 e. The van der Waals surface area contributed by atoms with Gasteiger partial charge in [0.25, 0.3) is 5.91 Å². The number of esters is 1. The van der Waals surface area contributed by atoms with Crippen molar-refractivity contribution in [2.24, 2.45) is 5.92 Å². The van der Waals surface area contributed by atoms with Crippen LogP contribution in [-0.4, -0.2) is 42.3 Å². The number of nitrogens with one attached hydrogen (secondary N) is 1. The number of benzene rings is 1. The molecule has 1 aromatic carbocycles. The lowest BCUT2D eigenvalue weighted by Gasteiger charge is -2.32. The van der Waals surface area contributed by atoms with Crippen LogP contribution in [-0.2, 0) is 9.59 Å². The Balaban J connectivity index is 1.88. The van der Waals surface area contributed by atoms with E-state index in [2.05, 4.69) is 5.32 Å². The SMILES string of the molecule is CCC(=O)NCC1CCN(C(=O)c2cccc(OC(C)=O)c2)CC1. The molecule has 2 rings (SSSR count). The lowest BCUT2D eigenvalue weighted by Crippen LogP contribution is -2.41. The number of hydrogen-bond donors (Lipinski definition) is 1. The van der Waals surface area contributed by atoms with Crippen LogP contribution in [0.5, 0.6) is 5.75 Å². The van der Waals surface area contributed by atoms with Crippen molar-refractivity contribution < 1.29 is 19.1 Å². The highest BCUT2D eigenvalue weighted by atomic mass is 16.5. The van der Waals surface area contributed by atoms with Crippen molar-refractivity contribution in [1.82, 2.24) is 10.2 Å². The normalized spacial score (nSPS) is 15.0. The van der Waals surface area contributed by atoms with Gasteiger partial charge in [-0.1, -0.05) is 13.0 Å². The molecule has 6 heteroatoms. The molecule has 1 saturated heterocycles. The van der Waals surface area contributed by atoms with Gasteiger partial charge in [0, 0.05) is 38.5 Å². The van der Waals surface area contributed by atoms with Crippen molar-refractivity contribution in [2.45, 2.75) is 33.1 Å². The van der Waals surface area contributed by atoms with Gasteiger partial charge in [0.1, 0.15) is 5.75 Å². The average molecular weight is 332 g/mol. The van der Waals surface area contributed by atoms with Crippen LogP contribution < -0.4 is 10.1 Å². The molecule has 24 heavy (non-hydrogen) atoms. The first kappa shape index (κ1) is 18.0. The van der Waals surface area contributed by atoms with Crippen molar-refractivity contribution >= 4 is 17.8 Å². The molecule has 0 saturated carbocycles. The molecule has 0 spiro atoms. The Kier molecular flexibility index (Phi) is 6.35. The van der Waals surface area contributed by atoms with Crippen molar-refractivity contribution in [3.8, 4) is 5.75 Å². The number of carbonyl (C=O) groups is 3. The molecule has 2 amide bonds. The molecule has 1 aliphatic heterocycles. The number of likely N-dealkylation sites (tertiary alicyclic amines) is 1. The fourth-order valence-corrected chi connectivity index (χ4v) is 2.76. The van der Waals surface area contributed by atoms with E-state index in [0.717, 1.165) is 12.8 Å². The van der Waals surface area contributed by atoms with E-state index in [0.29, 0.717) is 43.3 Å². The molecule has 1 heterocycles. The van der Waals surface area contributed by atoms with E-state index in [1.54, 1.807) is 24.3 Å². The third kappa shape index (κ3) is 5.08. The summed E-state index contributed by atoms with van der Waals surface area (Å²) in [5.74, 6) is 0.396.